The first kappa shape index (κ1) is 28.7. The van der Waals surface area contributed by atoms with Crippen LogP contribution in [-0.2, 0) is 11.2 Å². The van der Waals surface area contributed by atoms with E-state index in [9.17, 15) is 14.7 Å². The first-order valence-electron chi connectivity index (χ1n) is 12.9. The molecule has 2 N–H and O–H groups in total. The van der Waals surface area contributed by atoms with Crippen LogP contribution in [-0.4, -0.2) is 65.5 Å². The van der Waals surface area contributed by atoms with Crippen molar-refractivity contribution in [1.82, 2.24) is 14.7 Å². The number of nitrogens with one attached hydrogen (secondary N) is 1. The van der Waals surface area contributed by atoms with Crippen LogP contribution in [0.4, 0.5) is 5.69 Å². The molecule has 0 atom stereocenters. The van der Waals surface area contributed by atoms with Gasteiger partial charge in [-0.05, 0) is 67.4 Å². The molecule has 0 radical (unpaired) electrons. The van der Waals surface area contributed by atoms with Crippen molar-refractivity contribution in [2.24, 2.45) is 5.92 Å². The smallest absolute Gasteiger partial charge is 0.356 e. The lowest BCUT2D eigenvalue weighted by molar-refractivity contribution is -0.116. The Kier molecular flexibility index (Phi) is 9.90. The first-order valence-corrected chi connectivity index (χ1v) is 12.9. The third-order valence-electron chi connectivity index (χ3n) is 6.38. The summed E-state index contributed by atoms with van der Waals surface area (Å²) in [6.07, 6.45) is 1.10. The Labute approximate surface area is 224 Å². The van der Waals surface area contributed by atoms with Crippen LogP contribution < -0.4 is 14.8 Å². The van der Waals surface area contributed by atoms with Gasteiger partial charge in [-0.25, -0.2) is 9.48 Å². The lowest BCUT2D eigenvalue weighted by atomic mass is 10.00. The molecule has 204 valence electrons. The Bertz CT molecular complexity index is 1240. The Hall–Kier alpha value is -3.85. The number of methoxy groups -OCH3 is 2. The van der Waals surface area contributed by atoms with Crippen molar-refractivity contribution in [3.8, 4) is 28.4 Å². The molecule has 3 aromatic rings. The predicted molar refractivity (Wildman–Crippen MR) is 149 cm³/mol. The zero-order valence-electron chi connectivity index (χ0n) is 23.1. The molecule has 1 heterocycles. The SMILES string of the molecule is CCN(CC)CCC(=O)Nc1ccc(-n2nc(C(=O)O)cc2-c2c(OC)cccc2OC)c(CC(C)C)c1. The van der Waals surface area contributed by atoms with E-state index >= 15 is 0 Å². The van der Waals surface area contributed by atoms with Crippen LogP contribution in [0, 0.1) is 5.92 Å². The molecule has 1 aromatic heterocycles. The quantitative estimate of drug-likeness (QED) is 0.321. The highest BCUT2D eigenvalue weighted by molar-refractivity contribution is 5.91. The highest BCUT2D eigenvalue weighted by atomic mass is 16.5. The average Bonchev–Trinajstić information content (AvgIpc) is 3.33. The fraction of sp³-hybridized carbons (Fsp3) is 0.414. The molecule has 0 aliphatic rings. The van der Waals surface area contributed by atoms with E-state index in [-0.39, 0.29) is 11.6 Å². The van der Waals surface area contributed by atoms with Crippen LogP contribution in [0.25, 0.3) is 16.9 Å². The summed E-state index contributed by atoms with van der Waals surface area (Å²) < 4.78 is 12.8. The van der Waals surface area contributed by atoms with Gasteiger partial charge in [0, 0.05) is 18.7 Å². The predicted octanol–water partition coefficient (Wildman–Crippen LogP) is 5.12. The number of carboxylic acids is 1. The van der Waals surface area contributed by atoms with Crippen LogP contribution >= 0.6 is 0 Å². The van der Waals surface area contributed by atoms with E-state index in [4.69, 9.17) is 9.47 Å². The van der Waals surface area contributed by atoms with Crippen molar-refractivity contribution in [2.75, 3.05) is 39.2 Å². The summed E-state index contributed by atoms with van der Waals surface area (Å²) >= 11 is 0. The topological polar surface area (TPSA) is 106 Å². The van der Waals surface area contributed by atoms with E-state index in [0.29, 0.717) is 53.7 Å². The number of amides is 1. The van der Waals surface area contributed by atoms with Crippen molar-refractivity contribution in [3.05, 3.63) is 53.7 Å². The van der Waals surface area contributed by atoms with Gasteiger partial charge in [0.25, 0.3) is 0 Å². The Morgan fingerprint density at radius 3 is 2.26 bits per heavy atom. The number of aromatic carboxylic acids is 1. The Morgan fingerprint density at radius 1 is 1.05 bits per heavy atom. The molecule has 1 amide bonds. The van der Waals surface area contributed by atoms with Crippen molar-refractivity contribution in [2.45, 2.75) is 40.5 Å². The van der Waals surface area contributed by atoms with E-state index in [2.05, 4.69) is 43.0 Å². The number of nitrogens with zero attached hydrogens (tertiary/aromatic N) is 3. The van der Waals surface area contributed by atoms with Crippen LogP contribution in [0.2, 0.25) is 0 Å². The van der Waals surface area contributed by atoms with Gasteiger partial charge in [0.15, 0.2) is 5.69 Å². The maximum Gasteiger partial charge on any atom is 0.356 e. The van der Waals surface area contributed by atoms with Crippen LogP contribution in [0.1, 0.15) is 50.2 Å². The molecule has 0 unspecified atom stereocenters. The summed E-state index contributed by atoms with van der Waals surface area (Å²) in [6.45, 7) is 10.9. The molecular weight excluding hydrogens is 484 g/mol. The molecule has 9 heteroatoms. The largest absolute Gasteiger partial charge is 0.496 e. The van der Waals surface area contributed by atoms with Gasteiger partial charge in [-0.15, -0.1) is 0 Å². The summed E-state index contributed by atoms with van der Waals surface area (Å²) in [4.78, 5) is 26.8. The zero-order valence-corrected chi connectivity index (χ0v) is 23.1. The standard InChI is InChI=1S/C29H38N4O5/c1-7-32(8-2)15-14-27(34)30-21-12-13-23(20(17-21)16-19(3)4)33-24(18-22(31-33)29(35)36)28-25(37-5)10-9-11-26(28)38-6/h9-13,17-19H,7-8,14-16H2,1-6H3,(H,30,34)(H,35,36). The molecule has 0 fully saturated rings. The average molecular weight is 523 g/mol. The fourth-order valence-corrected chi connectivity index (χ4v) is 4.45. The van der Waals surface area contributed by atoms with Gasteiger partial charge in [-0.3, -0.25) is 4.79 Å². The van der Waals surface area contributed by atoms with Crippen LogP contribution in [0.15, 0.2) is 42.5 Å². The minimum absolute atomic E-state index is 0.0492. The highest BCUT2D eigenvalue weighted by Crippen LogP contribution is 2.40. The van der Waals surface area contributed by atoms with Crippen molar-refractivity contribution in [3.63, 3.8) is 0 Å². The number of aromatic nitrogens is 2. The van der Waals surface area contributed by atoms with Gasteiger partial charge in [0.05, 0.1) is 31.2 Å². The molecule has 0 aliphatic heterocycles. The number of rotatable bonds is 13. The Morgan fingerprint density at radius 2 is 1.71 bits per heavy atom. The maximum atomic E-state index is 12.6. The monoisotopic (exact) mass is 522 g/mol. The summed E-state index contributed by atoms with van der Waals surface area (Å²) in [6, 6.07) is 12.5. The number of hydrogen-bond donors (Lipinski definition) is 2. The number of carbonyl (C=O) groups is 2. The molecule has 0 saturated heterocycles. The zero-order chi connectivity index (χ0) is 27.8. The number of anilines is 1. The Balaban J connectivity index is 2.09. The van der Waals surface area contributed by atoms with Crippen LogP contribution in [0.5, 0.6) is 11.5 Å². The molecule has 9 nitrogen and oxygen atoms in total. The second kappa shape index (κ2) is 13.1. The van der Waals surface area contributed by atoms with Crippen molar-refractivity contribution in [1.29, 1.82) is 0 Å². The van der Waals surface area contributed by atoms with E-state index in [1.165, 1.54) is 6.07 Å². The lowest BCUT2D eigenvalue weighted by Crippen LogP contribution is -2.27. The minimum Gasteiger partial charge on any atom is -0.496 e. The maximum absolute atomic E-state index is 12.6. The normalized spacial score (nSPS) is 11.2. The number of carbonyl (C=O) groups excluding carboxylic acids is 1. The lowest BCUT2D eigenvalue weighted by Gasteiger charge is -2.19. The molecule has 0 spiro atoms. The number of carboxylic acid groups (broad SMARTS) is 1. The third-order valence-corrected chi connectivity index (χ3v) is 6.38. The second-order valence-electron chi connectivity index (χ2n) is 9.44. The van der Waals surface area contributed by atoms with Gasteiger partial charge >= 0.3 is 5.97 Å². The van der Waals surface area contributed by atoms with E-state index in [1.807, 2.05) is 24.3 Å². The fourth-order valence-electron chi connectivity index (χ4n) is 4.45. The van der Waals surface area contributed by atoms with E-state index in [0.717, 1.165) is 24.3 Å². The van der Waals surface area contributed by atoms with E-state index < -0.39 is 5.97 Å². The molecular formula is C29H38N4O5. The highest BCUT2D eigenvalue weighted by Gasteiger charge is 2.23. The molecule has 0 bridgehead atoms. The molecule has 0 aliphatic carbocycles. The first-order chi connectivity index (χ1) is 18.2. The van der Waals surface area contributed by atoms with Crippen molar-refractivity contribution >= 4 is 17.6 Å². The summed E-state index contributed by atoms with van der Waals surface area (Å²) in [5, 5.41) is 17.2. The summed E-state index contributed by atoms with van der Waals surface area (Å²) in [5.74, 6) is 0.184. The van der Waals surface area contributed by atoms with Gasteiger partial charge < -0.3 is 24.8 Å². The van der Waals surface area contributed by atoms with Gasteiger partial charge in [-0.1, -0.05) is 33.8 Å². The van der Waals surface area contributed by atoms with Crippen molar-refractivity contribution < 1.29 is 24.2 Å². The van der Waals surface area contributed by atoms with Gasteiger partial charge in [0.2, 0.25) is 5.91 Å². The molecule has 0 saturated carbocycles. The number of benzene rings is 2. The summed E-state index contributed by atoms with van der Waals surface area (Å²) in [5.41, 5.74) is 3.36. The minimum atomic E-state index is -1.14. The molecule has 3 rings (SSSR count). The molecule has 2 aromatic carbocycles. The van der Waals surface area contributed by atoms with E-state index in [1.54, 1.807) is 31.0 Å². The third kappa shape index (κ3) is 6.72. The van der Waals surface area contributed by atoms with Crippen LogP contribution in [0.3, 0.4) is 0 Å². The van der Waals surface area contributed by atoms with Gasteiger partial charge in [-0.2, -0.15) is 5.10 Å². The van der Waals surface area contributed by atoms with Gasteiger partial charge in [0.1, 0.15) is 11.5 Å². The number of hydrogen-bond acceptors (Lipinski definition) is 6. The second-order valence-corrected chi connectivity index (χ2v) is 9.44. The summed E-state index contributed by atoms with van der Waals surface area (Å²) in [7, 11) is 3.11. The molecule has 38 heavy (non-hydrogen) atoms. The number of ether oxygens (including phenoxy) is 2.